The van der Waals surface area contributed by atoms with Crippen LogP contribution in [0.25, 0.3) is 0 Å². The van der Waals surface area contributed by atoms with Crippen LogP contribution in [0.4, 0.5) is 5.69 Å². The van der Waals surface area contributed by atoms with E-state index in [0.717, 1.165) is 0 Å². The Labute approximate surface area is 96.0 Å². The molecular formula is C11H9NO5. The van der Waals surface area contributed by atoms with Crippen molar-refractivity contribution in [3.63, 3.8) is 0 Å². The molecule has 17 heavy (non-hydrogen) atoms. The molecule has 1 saturated carbocycles. The second-order valence-electron chi connectivity index (χ2n) is 4.02. The van der Waals surface area contributed by atoms with E-state index in [4.69, 9.17) is 5.11 Å². The molecule has 6 nitrogen and oxygen atoms in total. The number of benzene rings is 1. The number of non-ortho nitro benzene ring substituents is 1. The van der Waals surface area contributed by atoms with E-state index in [0.29, 0.717) is 12.8 Å². The Kier molecular flexibility index (Phi) is 2.42. The fraction of sp³-hybridized carbons (Fsp3) is 0.273. The molecule has 2 rings (SSSR count). The van der Waals surface area contributed by atoms with E-state index in [1.54, 1.807) is 0 Å². The fourth-order valence-corrected chi connectivity index (χ4v) is 1.67. The number of nitro benzene ring substituents is 1. The van der Waals surface area contributed by atoms with Crippen molar-refractivity contribution in [2.45, 2.75) is 12.8 Å². The van der Waals surface area contributed by atoms with Crippen molar-refractivity contribution in [1.29, 1.82) is 0 Å². The van der Waals surface area contributed by atoms with E-state index < -0.39 is 22.1 Å². The van der Waals surface area contributed by atoms with Crippen molar-refractivity contribution in [3.8, 4) is 0 Å². The summed E-state index contributed by atoms with van der Waals surface area (Å²) in [6, 6.07) is 4.99. The molecule has 1 N–H and O–H groups in total. The van der Waals surface area contributed by atoms with Crippen molar-refractivity contribution >= 4 is 17.4 Å². The number of Topliss-reactive ketones (excluding diaryl/α,β-unsaturated/α-hetero) is 1. The lowest BCUT2D eigenvalue weighted by Crippen LogP contribution is -2.25. The van der Waals surface area contributed by atoms with Gasteiger partial charge in [-0.3, -0.25) is 19.7 Å². The van der Waals surface area contributed by atoms with Crippen LogP contribution >= 0.6 is 0 Å². The second-order valence-corrected chi connectivity index (χ2v) is 4.02. The van der Waals surface area contributed by atoms with Crippen LogP contribution < -0.4 is 0 Å². The predicted octanol–water partition coefficient (Wildman–Crippen LogP) is 1.64. The Hall–Kier alpha value is -2.24. The summed E-state index contributed by atoms with van der Waals surface area (Å²) >= 11 is 0. The third-order valence-electron chi connectivity index (χ3n) is 2.93. The van der Waals surface area contributed by atoms with E-state index >= 15 is 0 Å². The van der Waals surface area contributed by atoms with Gasteiger partial charge in [0.2, 0.25) is 0 Å². The molecule has 6 heteroatoms. The largest absolute Gasteiger partial charge is 0.480 e. The molecule has 0 radical (unpaired) electrons. The van der Waals surface area contributed by atoms with E-state index in [1.165, 1.54) is 24.3 Å². The number of hydrogen-bond donors (Lipinski definition) is 1. The molecule has 1 aromatic rings. The lowest BCUT2D eigenvalue weighted by molar-refractivity contribution is -0.384. The summed E-state index contributed by atoms with van der Waals surface area (Å²) in [5, 5.41) is 19.4. The standard InChI is InChI=1S/C11H9NO5/c13-9(11(5-6-11)10(14)15)7-1-3-8(4-2-7)12(16)17/h1-4H,5-6H2,(H,14,15). The lowest BCUT2D eigenvalue weighted by Gasteiger charge is -2.07. The van der Waals surface area contributed by atoms with Gasteiger partial charge in [0.1, 0.15) is 5.41 Å². The highest BCUT2D eigenvalue weighted by Gasteiger charge is 2.56. The summed E-state index contributed by atoms with van der Waals surface area (Å²) in [5.74, 6) is -1.60. The molecule has 0 heterocycles. The normalized spacial score (nSPS) is 16.2. The maximum atomic E-state index is 11.9. The van der Waals surface area contributed by atoms with Gasteiger partial charge in [0.15, 0.2) is 5.78 Å². The van der Waals surface area contributed by atoms with Crippen LogP contribution in [0.1, 0.15) is 23.2 Å². The number of hydrogen-bond acceptors (Lipinski definition) is 4. The van der Waals surface area contributed by atoms with Crippen molar-refractivity contribution in [2.24, 2.45) is 5.41 Å². The number of nitrogens with zero attached hydrogens (tertiary/aromatic N) is 1. The van der Waals surface area contributed by atoms with Crippen molar-refractivity contribution in [1.82, 2.24) is 0 Å². The van der Waals surface area contributed by atoms with Crippen LogP contribution in [-0.2, 0) is 4.79 Å². The highest BCUT2D eigenvalue weighted by atomic mass is 16.6. The molecule has 0 spiro atoms. The number of carbonyl (C=O) groups excluding carboxylic acids is 1. The predicted molar refractivity (Wildman–Crippen MR) is 56.7 cm³/mol. The molecule has 0 aromatic heterocycles. The number of rotatable bonds is 4. The Morgan fingerprint density at radius 2 is 1.76 bits per heavy atom. The molecule has 88 valence electrons. The van der Waals surface area contributed by atoms with Gasteiger partial charge in [-0.2, -0.15) is 0 Å². The Morgan fingerprint density at radius 1 is 1.24 bits per heavy atom. The highest BCUT2D eigenvalue weighted by Crippen LogP contribution is 2.48. The Bertz CT molecular complexity index is 501. The van der Waals surface area contributed by atoms with Gasteiger partial charge >= 0.3 is 5.97 Å². The summed E-state index contributed by atoms with van der Waals surface area (Å²) in [7, 11) is 0. The van der Waals surface area contributed by atoms with Gasteiger partial charge in [-0.25, -0.2) is 0 Å². The molecule has 1 aromatic carbocycles. The smallest absolute Gasteiger partial charge is 0.317 e. The molecule has 1 fully saturated rings. The molecule has 1 aliphatic carbocycles. The van der Waals surface area contributed by atoms with Crippen LogP contribution in [0.2, 0.25) is 0 Å². The van der Waals surface area contributed by atoms with Crippen LogP contribution in [0.5, 0.6) is 0 Å². The van der Waals surface area contributed by atoms with E-state index in [1.807, 2.05) is 0 Å². The first kappa shape index (κ1) is 11.3. The summed E-state index contributed by atoms with van der Waals surface area (Å²) in [5.41, 5.74) is -1.21. The zero-order valence-electron chi connectivity index (χ0n) is 8.75. The SMILES string of the molecule is O=C(O)C1(C(=O)c2ccc([N+](=O)[O-])cc2)CC1. The number of aliphatic carboxylic acids is 1. The summed E-state index contributed by atoms with van der Waals surface area (Å²) in [6.45, 7) is 0. The van der Waals surface area contributed by atoms with Gasteiger partial charge in [-0.15, -0.1) is 0 Å². The molecular weight excluding hydrogens is 226 g/mol. The topological polar surface area (TPSA) is 97.5 Å². The summed E-state index contributed by atoms with van der Waals surface area (Å²) in [6.07, 6.45) is 0.663. The lowest BCUT2D eigenvalue weighted by atomic mass is 9.95. The monoisotopic (exact) mass is 235 g/mol. The van der Waals surface area contributed by atoms with Crippen LogP contribution in [-0.4, -0.2) is 21.8 Å². The molecule has 0 saturated heterocycles. The number of carbonyl (C=O) groups is 2. The quantitative estimate of drug-likeness (QED) is 0.370. The van der Waals surface area contributed by atoms with Crippen molar-refractivity contribution in [3.05, 3.63) is 39.9 Å². The second kappa shape index (κ2) is 3.65. The van der Waals surface area contributed by atoms with Crippen LogP contribution in [0.3, 0.4) is 0 Å². The zero-order chi connectivity index (χ0) is 12.6. The van der Waals surface area contributed by atoms with Gasteiger partial charge in [0.25, 0.3) is 5.69 Å². The maximum absolute atomic E-state index is 11.9. The first-order chi connectivity index (χ1) is 7.97. The van der Waals surface area contributed by atoms with Crippen LogP contribution in [0.15, 0.2) is 24.3 Å². The van der Waals surface area contributed by atoms with Crippen molar-refractivity contribution in [2.75, 3.05) is 0 Å². The molecule has 0 unspecified atom stereocenters. The first-order valence-electron chi connectivity index (χ1n) is 5.00. The van der Waals surface area contributed by atoms with E-state index in [9.17, 15) is 19.7 Å². The van der Waals surface area contributed by atoms with Gasteiger partial charge in [-0.1, -0.05) is 0 Å². The van der Waals surface area contributed by atoms with Gasteiger partial charge in [0.05, 0.1) is 4.92 Å². The molecule has 0 bridgehead atoms. The number of ketones is 1. The van der Waals surface area contributed by atoms with Crippen LogP contribution in [0, 0.1) is 15.5 Å². The van der Waals surface area contributed by atoms with E-state index in [-0.39, 0.29) is 11.3 Å². The molecule has 1 aliphatic rings. The summed E-state index contributed by atoms with van der Waals surface area (Å²) < 4.78 is 0. The molecule has 0 amide bonds. The third kappa shape index (κ3) is 1.77. The Balaban J connectivity index is 2.27. The summed E-state index contributed by atoms with van der Waals surface area (Å²) in [4.78, 5) is 32.7. The number of nitro groups is 1. The van der Waals surface area contributed by atoms with Gasteiger partial charge < -0.3 is 5.11 Å². The number of carboxylic acid groups (broad SMARTS) is 1. The fourth-order valence-electron chi connectivity index (χ4n) is 1.67. The molecule has 0 atom stereocenters. The minimum Gasteiger partial charge on any atom is -0.480 e. The van der Waals surface area contributed by atoms with Gasteiger partial charge in [0, 0.05) is 17.7 Å². The van der Waals surface area contributed by atoms with Gasteiger partial charge in [-0.05, 0) is 25.0 Å². The molecule has 0 aliphatic heterocycles. The Morgan fingerprint density at radius 3 is 2.12 bits per heavy atom. The first-order valence-corrected chi connectivity index (χ1v) is 5.00. The number of carboxylic acids is 1. The zero-order valence-corrected chi connectivity index (χ0v) is 8.75. The highest BCUT2D eigenvalue weighted by molar-refractivity contribution is 6.14. The average Bonchev–Trinajstić information content (AvgIpc) is 3.09. The minimum atomic E-state index is -1.30. The average molecular weight is 235 g/mol. The van der Waals surface area contributed by atoms with Crippen molar-refractivity contribution < 1.29 is 19.6 Å². The maximum Gasteiger partial charge on any atom is 0.317 e. The third-order valence-corrected chi connectivity index (χ3v) is 2.93. The minimum absolute atomic E-state index is 0.123. The van der Waals surface area contributed by atoms with E-state index in [2.05, 4.69) is 0 Å².